The Bertz CT molecular complexity index is 865. The molecular formula is C19H16F4N2O2. The number of rotatable bonds is 2. The zero-order valence-electron chi connectivity index (χ0n) is 14.3. The lowest BCUT2D eigenvalue weighted by Gasteiger charge is -2.39. The molecule has 1 aliphatic heterocycles. The summed E-state index contributed by atoms with van der Waals surface area (Å²) in [4.78, 5) is 27.8. The Kier molecular flexibility index (Phi) is 4.91. The first-order chi connectivity index (χ1) is 12.7. The van der Waals surface area contributed by atoms with E-state index in [1.54, 1.807) is 0 Å². The highest BCUT2D eigenvalue weighted by molar-refractivity contribution is 6.03. The van der Waals surface area contributed by atoms with Gasteiger partial charge in [-0.2, -0.15) is 13.2 Å². The molecule has 1 saturated heterocycles. The van der Waals surface area contributed by atoms with Gasteiger partial charge in [-0.15, -0.1) is 0 Å². The Morgan fingerprint density at radius 3 is 2.37 bits per heavy atom. The van der Waals surface area contributed by atoms with Gasteiger partial charge in [-0.25, -0.2) is 4.39 Å². The maximum atomic E-state index is 13.0. The average molecular weight is 380 g/mol. The summed E-state index contributed by atoms with van der Waals surface area (Å²) in [6.07, 6.45) is -4.51. The summed E-state index contributed by atoms with van der Waals surface area (Å²) in [5.74, 6) is -1.39. The molecule has 2 aromatic carbocycles. The first-order valence-electron chi connectivity index (χ1n) is 8.23. The molecule has 1 aliphatic rings. The third kappa shape index (κ3) is 3.79. The second kappa shape index (κ2) is 7.02. The van der Waals surface area contributed by atoms with Crippen LogP contribution >= 0.6 is 0 Å². The number of nitrogens with zero attached hydrogens (tertiary/aromatic N) is 2. The number of amides is 2. The standard InChI is InChI=1S/C19H16F4N2O2/c1-12-17(26)25(16-4-2-3-14(11-16)19(21,22)23)10-9-24(12)18(27)13-5-7-15(20)8-6-13/h2-8,11-12H,9-10H2,1H3/t12-/m1/s1. The Labute approximate surface area is 153 Å². The Hall–Kier alpha value is -2.90. The fourth-order valence-corrected chi connectivity index (χ4v) is 3.01. The summed E-state index contributed by atoms with van der Waals surface area (Å²) in [6, 6.07) is 8.63. The fourth-order valence-electron chi connectivity index (χ4n) is 3.01. The predicted octanol–water partition coefficient (Wildman–Crippen LogP) is 3.72. The molecule has 8 heteroatoms. The van der Waals surface area contributed by atoms with Crippen LogP contribution in [0.15, 0.2) is 48.5 Å². The van der Waals surface area contributed by atoms with Gasteiger partial charge in [0.05, 0.1) is 5.56 Å². The smallest absolute Gasteiger partial charge is 0.325 e. The highest BCUT2D eigenvalue weighted by atomic mass is 19.4. The van der Waals surface area contributed by atoms with Crippen molar-refractivity contribution in [2.24, 2.45) is 0 Å². The van der Waals surface area contributed by atoms with E-state index < -0.39 is 35.4 Å². The zero-order valence-corrected chi connectivity index (χ0v) is 14.3. The van der Waals surface area contributed by atoms with Gasteiger partial charge < -0.3 is 9.80 Å². The largest absolute Gasteiger partial charge is 0.416 e. The van der Waals surface area contributed by atoms with E-state index in [0.717, 1.165) is 24.3 Å². The molecule has 1 heterocycles. The van der Waals surface area contributed by atoms with Crippen molar-refractivity contribution in [3.63, 3.8) is 0 Å². The highest BCUT2D eigenvalue weighted by Gasteiger charge is 2.36. The Balaban J connectivity index is 1.81. The molecule has 4 nitrogen and oxygen atoms in total. The quantitative estimate of drug-likeness (QED) is 0.745. The molecule has 2 aromatic rings. The molecule has 1 fully saturated rings. The monoisotopic (exact) mass is 380 g/mol. The maximum Gasteiger partial charge on any atom is 0.416 e. The lowest BCUT2D eigenvalue weighted by molar-refractivity contribution is -0.137. The van der Waals surface area contributed by atoms with Crippen LogP contribution in [0.1, 0.15) is 22.8 Å². The van der Waals surface area contributed by atoms with Crippen molar-refractivity contribution >= 4 is 17.5 Å². The molecule has 1 atom stereocenters. The molecule has 142 valence electrons. The molecule has 0 spiro atoms. The van der Waals surface area contributed by atoms with Crippen molar-refractivity contribution < 1.29 is 27.2 Å². The maximum absolute atomic E-state index is 13.0. The van der Waals surface area contributed by atoms with Crippen molar-refractivity contribution in [2.45, 2.75) is 19.1 Å². The van der Waals surface area contributed by atoms with Gasteiger partial charge in [0.15, 0.2) is 0 Å². The van der Waals surface area contributed by atoms with Crippen LogP contribution in [0.4, 0.5) is 23.2 Å². The van der Waals surface area contributed by atoms with Gasteiger partial charge in [0, 0.05) is 24.3 Å². The van der Waals surface area contributed by atoms with E-state index in [2.05, 4.69) is 0 Å². The van der Waals surface area contributed by atoms with Crippen LogP contribution < -0.4 is 4.90 Å². The molecule has 0 unspecified atom stereocenters. The lowest BCUT2D eigenvalue weighted by Crippen LogP contribution is -2.57. The number of hydrogen-bond acceptors (Lipinski definition) is 2. The summed E-state index contributed by atoms with van der Waals surface area (Å²) in [7, 11) is 0. The van der Waals surface area contributed by atoms with E-state index in [-0.39, 0.29) is 24.3 Å². The fraction of sp³-hybridized carbons (Fsp3) is 0.263. The van der Waals surface area contributed by atoms with E-state index >= 15 is 0 Å². The first kappa shape index (κ1) is 18.9. The third-order valence-corrected chi connectivity index (χ3v) is 4.49. The minimum atomic E-state index is -4.51. The molecular weight excluding hydrogens is 364 g/mol. The van der Waals surface area contributed by atoms with Crippen LogP contribution in [0, 0.1) is 5.82 Å². The topological polar surface area (TPSA) is 40.6 Å². The summed E-state index contributed by atoms with van der Waals surface area (Å²) in [5, 5.41) is 0. The van der Waals surface area contributed by atoms with E-state index in [0.29, 0.717) is 0 Å². The van der Waals surface area contributed by atoms with E-state index in [9.17, 15) is 27.2 Å². The van der Waals surface area contributed by atoms with Crippen LogP contribution in [0.5, 0.6) is 0 Å². The Morgan fingerprint density at radius 1 is 1.07 bits per heavy atom. The van der Waals surface area contributed by atoms with Crippen LogP contribution in [0.25, 0.3) is 0 Å². The molecule has 0 bridgehead atoms. The van der Waals surface area contributed by atoms with E-state index in [1.807, 2.05) is 0 Å². The van der Waals surface area contributed by atoms with Crippen LogP contribution in [-0.4, -0.2) is 35.8 Å². The zero-order chi connectivity index (χ0) is 19.8. The number of carbonyl (C=O) groups excluding carboxylic acids is 2. The van der Waals surface area contributed by atoms with Crippen LogP contribution in [0.3, 0.4) is 0 Å². The summed E-state index contributed by atoms with van der Waals surface area (Å²) in [5.41, 5.74) is -0.468. The molecule has 2 amide bonds. The number of alkyl halides is 3. The average Bonchev–Trinajstić information content (AvgIpc) is 2.63. The minimum absolute atomic E-state index is 0.0669. The predicted molar refractivity (Wildman–Crippen MR) is 90.7 cm³/mol. The number of hydrogen-bond donors (Lipinski definition) is 0. The second-order valence-electron chi connectivity index (χ2n) is 6.22. The van der Waals surface area contributed by atoms with Gasteiger partial charge in [-0.3, -0.25) is 9.59 Å². The molecule has 0 saturated carbocycles. The molecule has 0 radical (unpaired) electrons. The number of benzene rings is 2. The van der Waals surface area contributed by atoms with Gasteiger partial charge >= 0.3 is 6.18 Å². The minimum Gasteiger partial charge on any atom is -0.325 e. The molecule has 3 rings (SSSR count). The first-order valence-corrected chi connectivity index (χ1v) is 8.23. The van der Waals surface area contributed by atoms with Gasteiger partial charge in [-0.05, 0) is 49.4 Å². The summed E-state index contributed by atoms with van der Waals surface area (Å²) < 4.78 is 51.8. The van der Waals surface area contributed by atoms with Crippen LogP contribution in [0.2, 0.25) is 0 Å². The van der Waals surface area contributed by atoms with Crippen molar-refractivity contribution in [1.29, 1.82) is 0 Å². The van der Waals surface area contributed by atoms with Crippen LogP contribution in [-0.2, 0) is 11.0 Å². The molecule has 0 aromatic heterocycles. The molecule has 0 N–H and O–H groups in total. The lowest BCUT2D eigenvalue weighted by atomic mass is 10.1. The third-order valence-electron chi connectivity index (χ3n) is 4.49. The number of anilines is 1. The number of piperazine rings is 1. The van der Waals surface area contributed by atoms with Crippen molar-refractivity contribution in [1.82, 2.24) is 4.90 Å². The van der Waals surface area contributed by atoms with E-state index in [1.165, 1.54) is 41.0 Å². The van der Waals surface area contributed by atoms with Gasteiger partial charge in [0.1, 0.15) is 11.9 Å². The summed E-state index contributed by atoms with van der Waals surface area (Å²) >= 11 is 0. The van der Waals surface area contributed by atoms with E-state index in [4.69, 9.17) is 0 Å². The highest BCUT2D eigenvalue weighted by Crippen LogP contribution is 2.32. The number of carbonyl (C=O) groups is 2. The second-order valence-corrected chi connectivity index (χ2v) is 6.22. The van der Waals surface area contributed by atoms with Crippen molar-refractivity contribution in [2.75, 3.05) is 18.0 Å². The van der Waals surface area contributed by atoms with Gasteiger partial charge in [-0.1, -0.05) is 6.07 Å². The summed E-state index contributed by atoms with van der Waals surface area (Å²) in [6.45, 7) is 1.74. The molecule has 27 heavy (non-hydrogen) atoms. The number of halogens is 4. The van der Waals surface area contributed by atoms with Gasteiger partial charge in [0.2, 0.25) is 5.91 Å². The normalized spacial score (nSPS) is 18.0. The van der Waals surface area contributed by atoms with Crippen molar-refractivity contribution in [3.05, 3.63) is 65.5 Å². The SMILES string of the molecule is C[C@@H]1C(=O)N(c2cccc(C(F)(F)F)c2)CCN1C(=O)c1ccc(F)cc1. The Morgan fingerprint density at radius 2 is 1.74 bits per heavy atom. The molecule has 0 aliphatic carbocycles. The van der Waals surface area contributed by atoms with Gasteiger partial charge in [0.25, 0.3) is 5.91 Å². The van der Waals surface area contributed by atoms with Crippen molar-refractivity contribution in [3.8, 4) is 0 Å².